The number of likely N-dealkylation sites (N-methyl/N-ethyl adjacent to an activating group) is 1. The lowest BCUT2D eigenvalue weighted by molar-refractivity contribution is -0.123. The van der Waals surface area contributed by atoms with Crippen LogP contribution in [0.5, 0.6) is 0 Å². The van der Waals surface area contributed by atoms with E-state index in [9.17, 15) is 14.4 Å². The fourth-order valence-corrected chi connectivity index (χ4v) is 4.95. The molecule has 3 amide bonds. The highest BCUT2D eigenvalue weighted by Crippen LogP contribution is 2.40. The number of ether oxygens (including phenoxy) is 1. The van der Waals surface area contributed by atoms with Gasteiger partial charge in [-0.15, -0.1) is 11.3 Å². The van der Waals surface area contributed by atoms with Crippen molar-refractivity contribution in [2.24, 2.45) is 0 Å². The number of hydrogen-bond acceptors (Lipinski definition) is 6. The van der Waals surface area contributed by atoms with E-state index in [1.54, 1.807) is 16.8 Å². The summed E-state index contributed by atoms with van der Waals surface area (Å²) in [6.07, 6.45) is 0. The molecule has 1 fully saturated rings. The van der Waals surface area contributed by atoms with Gasteiger partial charge in [-0.3, -0.25) is 19.3 Å². The molecule has 1 saturated heterocycles. The molecule has 2 aromatic rings. The molecule has 1 aromatic carbocycles. The number of carbonyl (C=O) groups excluding carboxylic acids is 3. The third-order valence-corrected chi connectivity index (χ3v) is 6.48. The zero-order valence-electron chi connectivity index (χ0n) is 19.6. The zero-order valence-corrected chi connectivity index (χ0v) is 20.5. The molecule has 2 N–H and O–H groups in total. The van der Waals surface area contributed by atoms with E-state index in [1.807, 2.05) is 51.1 Å². The van der Waals surface area contributed by atoms with Crippen LogP contribution in [0.2, 0.25) is 0 Å². The molecular weight excluding hydrogens is 440 g/mol. The van der Waals surface area contributed by atoms with E-state index >= 15 is 0 Å². The number of hydrogen-bond donors (Lipinski definition) is 2. The quantitative estimate of drug-likeness (QED) is 0.616. The van der Waals surface area contributed by atoms with Crippen molar-refractivity contribution in [1.29, 1.82) is 0 Å². The van der Waals surface area contributed by atoms with E-state index in [0.717, 1.165) is 16.0 Å². The van der Waals surface area contributed by atoms with Gasteiger partial charge in [0.1, 0.15) is 5.00 Å². The summed E-state index contributed by atoms with van der Waals surface area (Å²) in [5.41, 5.74) is 2.37. The van der Waals surface area contributed by atoms with Gasteiger partial charge in [0.05, 0.1) is 31.9 Å². The molecule has 178 valence electrons. The van der Waals surface area contributed by atoms with E-state index in [-0.39, 0.29) is 36.9 Å². The van der Waals surface area contributed by atoms with E-state index in [0.29, 0.717) is 36.9 Å². The second-order valence-corrected chi connectivity index (χ2v) is 9.49. The minimum absolute atomic E-state index is 0.0360. The normalized spacial score (nSPS) is 13.9. The Labute approximate surface area is 198 Å². The Bertz CT molecular complexity index is 984. The Morgan fingerprint density at radius 3 is 2.36 bits per heavy atom. The smallest absolute Gasteiger partial charge is 0.257 e. The Morgan fingerprint density at radius 1 is 1.09 bits per heavy atom. The van der Waals surface area contributed by atoms with E-state index in [4.69, 9.17) is 4.74 Å². The molecule has 0 radical (unpaired) electrons. The highest BCUT2D eigenvalue weighted by Gasteiger charge is 2.28. The minimum atomic E-state index is -0.272. The lowest BCUT2D eigenvalue weighted by atomic mass is 10.1. The van der Waals surface area contributed by atoms with Crippen molar-refractivity contribution in [3.05, 3.63) is 41.5 Å². The molecule has 0 aliphatic carbocycles. The lowest BCUT2D eigenvalue weighted by Crippen LogP contribution is -2.42. The number of nitrogens with zero attached hydrogens (tertiary/aromatic N) is 2. The second kappa shape index (κ2) is 11.4. The molecule has 33 heavy (non-hydrogen) atoms. The van der Waals surface area contributed by atoms with Gasteiger partial charge in [0.2, 0.25) is 11.8 Å². The number of thiophene rings is 1. The standard InChI is InChI=1S/C24H32N4O4S/c1-16(2)25-19(29)14-27(4)15-20(30)26-23-21(24(31)28-10-12-32-13-11-28)17(3)22(33-23)18-8-6-5-7-9-18/h5-9,16H,10-15H2,1-4H3,(H,25,29)(H,26,30). The van der Waals surface area contributed by atoms with Gasteiger partial charge in [-0.05, 0) is 38.9 Å². The number of anilines is 1. The summed E-state index contributed by atoms with van der Waals surface area (Å²) in [5.74, 6) is -0.511. The molecule has 1 aliphatic rings. The molecule has 1 aromatic heterocycles. The van der Waals surface area contributed by atoms with E-state index in [1.165, 1.54) is 11.3 Å². The fraction of sp³-hybridized carbons (Fsp3) is 0.458. The van der Waals surface area contributed by atoms with Gasteiger partial charge >= 0.3 is 0 Å². The highest BCUT2D eigenvalue weighted by atomic mass is 32.1. The number of amides is 3. The van der Waals surface area contributed by atoms with Crippen LogP contribution in [0.3, 0.4) is 0 Å². The monoisotopic (exact) mass is 472 g/mol. The molecule has 9 heteroatoms. The minimum Gasteiger partial charge on any atom is -0.378 e. The maximum absolute atomic E-state index is 13.4. The molecule has 3 rings (SSSR count). The SMILES string of the molecule is Cc1c(-c2ccccc2)sc(NC(=O)CN(C)CC(=O)NC(C)C)c1C(=O)N1CCOCC1. The fourth-order valence-electron chi connectivity index (χ4n) is 3.73. The van der Waals surface area contributed by atoms with Gasteiger partial charge in [-0.2, -0.15) is 0 Å². The molecule has 0 atom stereocenters. The predicted molar refractivity (Wildman–Crippen MR) is 131 cm³/mol. The zero-order chi connectivity index (χ0) is 24.0. The molecule has 0 spiro atoms. The van der Waals surface area contributed by atoms with E-state index < -0.39 is 0 Å². The summed E-state index contributed by atoms with van der Waals surface area (Å²) < 4.78 is 5.39. The van der Waals surface area contributed by atoms with Crippen LogP contribution in [0.4, 0.5) is 5.00 Å². The third kappa shape index (κ3) is 6.63. The highest BCUT2D eigenvalue weighted by molar-refractivity contribution is 7.20. The Balaban J connectivity index is 1.81. The van der Waals surface area contributed by atoms with Crippen LogP contribution in [0, 0.1) is 6.92 Å². The van der Waals surface area contributed by atoms with Crippen LogP contribution in [0.25, 0.3) is 10.4 Å². The van der Waals surface area contributed by atoms with Crippen molar-refractivity contribution in [3.63, 3.8) is 0 Å². The summed E-state index contributed by atoms with van der Waals surface area (Å²) in [6.45, 7) is 7.91. The first-order valence-electron chi connectivity index (χ1n) is 11.1. The molecule has 0 bridgehead atoms. The van der Waals surface area contributed by atoms with Gasteiger partial charge < -0.3 is 20.3 Å². The third-order valence-electron chi connectivity index (χ3n) is 5.22. The van der Waals surface area contributed by atoms with Gasteiger partial charge in [-0.1, -0.05) is 30.3 Å². The summed E-state index contributed by atoms with van der Waals surface area (Å²) in [7, 11) is 1.72. The van der Waals surface area contributed by atoms with Crippen molar-refractivity contribution in [2.45, 2.75) is 26.8 Å². The van der Waals surface area contributed by atoms with Crippen molar-refractivity contribution < 1.29 is 19.1 Å². The summed E-state index contributed by atoms with van der Waals surface area (Å²) >= 11 is 1.40. The molecule has 2 heterocycles. The average Bonchev–Trinajstić information content (AvgIpc) is 3.09. The number of carbonyl (C=O) groups is 3. The van der Waals surface area contributed by atoms with E-state index in [2.05, 4.69) is 10.6 Å². The Kier molecular flexibility index (Phi) is 8.60. The lowest BCUT2D eigenvalue weighted by Gasteiger charge is -2.27. The van der Waals surface area contributed by atoms with Crippen LogP contribution in [0.15, 0.2) is 30.3 Å². The van der Waals surface area contributed by atoms with Gasteiger partial charge in [0.25, 0.3) is 5.91 Å². The van der Waals surface area contributed by atoms with Crippen molar-refractivity contribution in [1.82, 2.24) is 15.1 Å². The van der Waals surface area contributed by atoms with Crippen molar-refractivity contribution >= 4 is 34.1 Å². The van der Waals surface area contributed by atoms with Crippen molar-refractivity contribution in [2.75, 3.05) is 51.8 Å². The molecule has 0 unspecified atom stereocenters. The number of rotatable bonds is 8. The average molecular weight is 473 g/mol. The maximum Gasteiger partial charge on any atom is 0.257 e. The van der Waals surface area contributed by atoms with Gasteiger partial charge in [0, 0.05) is 24.0 Å². The maximum atomic E-state index is 13.4. The Morgan fingerprint density at radius 2 is 1.73 bits per heavy atom. The van der Waals surface area contributed by atoms with Crippen LogP contribution < -0.4 is 10.6 Å². The molecule has 8 nitrogen and oxygen atoms in total. The number of nitrogens with one attached hydrogen (secondary N) is 2. The summed E-state index contributed by atoms with van der Waals surface area (Å²) in [5, 5.41) is 6.28. The molecule has 0 saturated carbocycles. The number of benzene rings is 1. The van der Waals surface area contributed by atoms with Crippen LogP contribution in [-0.4, -0.2) is 80.0 Å². The van der Waals surface area contributed by atoms with Gasteiger partial charge in [0.15, 0.2) is 0 Å². The Hall–Kier alpha value is -2.75. The second-order valence-electron chi connectivity index (χ2n) is 8.47. The van der Waals surface area contributed by atoms with Gasteiger partial charge in [-0.25, -0.2) is 0 Å². The van der Waals surface area contributed by atoms with Crippen molar-refractivity contribution in [3.8, 4) is 10.4 Å². The largest absolute Gasteiger partial charge is 0.378 e. The first kappa shape index (κ1) is 24.9. The predicted octanol–water partition coefficient (Wildman–Crippen LogP) is 2.59. The van der Waals surface area contributed by atoms with Crippen LogP contribution >= 0.6 is 11.3 Å². The molecular formula is C24H32N4O4S. The first-order valence-corrected chi connectivity index (χ1v) is 11.9. The van der Waals surface area contributed by atoms with Crippen LogP contribution in [0.1, 0.15) is 29.8 Å². The summed E-state index contributed by atoms with van der Waals surface area (Å²) in [6, 6.07) is 9.88. The summed E-state index contributed by atoms with van der Waals surface area (Å²) in [4.78, 5) is 42.6. The molecule has 1 aliphatic heterocycles. The van der Waals surface area contributed by atoms with Crippen LogP contribution in [-0.2, 0) is 14.3 Å². The number of morpholine rings is 1. The topological polar surface area (TPSA) is 91.0 Å². The first-order chi connectivity index (χ1) is 15.8.